The minimum atomic E-state index is -4.02. The van der Waals surface area contributed by atoms with Crippen molar-refractivity contribution in [3.8, 4) is 0 Å². The van der Waals surface area contributed by atoms with Crippen LogP contribution in [0, 0.1) is 6.92 Å². The largest absolute Gasteiger partial charge is 0.286 e. The monoisotopic (exact) mass is 390 g/mol. The average Bonchev–Trinajstić information content (AvgIpc) is 2.77. The van der Waals surface area contributed by atoms with Gasteiger partial charge in [0.25, 0.3) is 15.9 Å². The predicted octanol–water partition coefficient (Wildman–Crippen LogP) is 0.785. The molecule has 0 fully saturated rings. The van der Waals surface area contributed by atoms with Crippen LogP contribution in [0.4, 0.5) is 0 Å². The number of hydrogen-bond donors (Lipinski definition) is 1. The van der Waals surface area contributed by atoms with E-state index in [0.29, 0.717) is 13.1 Å². The third-order valence-electron chi connectivity index (χ3n) is 4.19. The summed E-state index contributed by atoms with van der Waals surface area (Å²) in [6.07, 6.45) is 0.234. The Morgan fingerprint density at radius 1 is 1.20 bits per heavy atom. The van der Waals surface area contributed by atoms with Gasteiger partial charge in [-0.2, -0.15) is 8.42 Å². The number of rotatable bonds is 7. The molecule has 1 N–H and O–H groups in total. The first-order chi connectivity index (χ1) is 11.5. The Bertz CT molecular complexity index is 992. The molecule has 0 atom stereocenters. The van der Waals surface area contributed by atoms with Gasteiger partial charge < -0.3 is 0 Å². The maximum Gasteiger partial charge on any atom is 0.265 e. The molecule has 0 aliphatic carbocycles. The van der Waals surface area contributed by atoms with Gasteiger partial charge in [0.15, 0.2) is 11.0 Å². The lowest BCUT2D eigenvalue weighted by Crippen LogP contribution is -2.35. The summed E-state index contributed by atoms with van der Waals surface area (Å²) in [5, 5.41) is 0. The molecule has 2 aromatic rings. The van der Waals surface area contributed by atoms with Gasteiger partial charge in [-0.3, -0.25) is 4.55 Å². The second-order valence-corrected chi connectivity index (χ2v) is 9.74. The Hall–Kier alpha value is -1.49. The van der Waals surface area contributed by atoms with E-state index in [1.807, 2.05) is 23.0 Å². The molecule has 0 aliphatic rings. The van der Waals surface area contributed by atoms with Gasteiger partial charge in [0.2, 0.25) is 10.0 Å². The van der Waals surface area contributed by atoms with Crippen molar-refractivity contribution in [1.82, 2.24) is 8.87 Å². The molecule has 0 aliphatic heterocycles. The fourth-order valence-electron chi connectivity index (χ4n) is 2.90. The minimum absolute atomic E-state index is 0.182. The SMILES string of the molecule is CC[n+]1c(C)n(CCCS(=O)(=O)O)c2cc(S(=O)(=O)N(C)C)ccc21. The van der Waals surface area contributed by atoms with Crippen molar-refractivity contribution >= 4 is 31.2 Å². The Morgan fingerprint density at radius 2 is 1.84 bits per heavy atom. The van der Waals surface area contributed by atoms with Crippen LogP contribution in [0.25, 0.3) is 11.0 Å². The first-order valence-electron chi connectivity index (χ1n) is 7.89. The number of aryl methyl sites for hydroxylation is 2. The van der Waals surface area contributed by atoms with Gasteiger partial charge in [0.1, 0.15) is 0 Å². The molecule has 25 heavy (non-hydrogen) atoms. The van der Waals surface area contributed by atoms with Gasteiger partial charge in [-0.1, -0.05) is 0 Å². The van der Waals surface area contributed by atoms with E-state index in [1.165, 1.54) is 14.1 Å². The normalized spacial score (nSPS) is 13.0. The smallest absolute Gasteiger partial charge is 0.265 e. The number of hydrogen-bond acceptors (Lipinski definition) is 4. The lowest BCUT2D eigenvalue weighted by Gasteiger charge is -2.10. The van der Waals surface area contributed by atoms with Crippen molar-refractivity contribution in [2.24, 2.45) is 0 Å². The van der Waals surface area contributed by atoms with Crippen LogP contribution in [0.15, 0.2) is 23.1 Å². The summed E-state index contributed by atoms with van der Waals surface area (Å²) in [7, 11) is -4.64. The van der Waals surface area contributed by atoms with E-state index in [0.717, 1.165) is 21.2 Å². The van der Waals surface area contributed by atoms with Crippen molar-refractivity contribution in [1.29, 1.82) is 0 Å². The molecule has 0 bridgehead atoms. The van der Waals surface area contributed by atoms with E-state index >= 15 is 0 Å². The van der Waals surface area contributed by atoms with Crippen LogP contribution in [-0.4, -0.2) is 50.1 Å². The fraction of sp³-hybridized carbons (Fsp3) is 0.533. The maximum absolute atomic E-state index is 12.4. The summed E-state index contributed by atoms with van der Waals surface area (Å²) in [6.45, 7) is 4.95. The third kappa shape index (κ3) is 4.02. The minimum Gasteiger partial charge on any atom is -0.286 e. The molecule has 140 valence electrons. The van der Waals surface area contributed by atoms with Gasteiger partial charge >= 0.3 is 0 Å². The van der Waals surface area contributed by atoms with Crippen LogP contribution in [0.1, 0.15) is 19.2 Å². The summed E-state index contributed by atoms with van der Waals surface area (Å²) in [5.74, 6) is 0.556. The van der Waals surface area contributed by atoms with Crippen LogP contribution in [0.3, 0.4) is 0 Å². The number of fused-ring (bicyclic) bond motifs is 1. The first-order valence-corrected chi connectivity index (χ1v) is 10.9. The van der Waals surface area contributed by atoms with E-state index in [2.05, 4.69) is 0 Å². The quantitative estimate of drug-likeness (QED) is 0.556. The van der Waals surface area contributed by atoms with E-state index in [4.69, 9.17) is 4.55 Å². The molecule has 1 heterocycles. The highest BCUT2D eigenvalue weighted by atomic mass is 32.2. The summed E-state index contributed by atoms with van der Waals surface area (Å²) < 4.78 is 60.7. The zero-order chi connectivity index (χ0) is 19.0. The fourth-order valence-corrected chi connectivity index (χ4v) is 4.32. The lowest BCUT2D eigenvalue weighted by molar-refractivity contribution is -0.675. The highest BCUT2D eigenvalue weighted by Crippen LogP contribution is 2.21. The van der Waals surface area contributed by atoms with Crippen molar-refractivity contribution in [3.05, 3.63) is 24.0 Å². The van der Waals surface area contributed by atoms with Gasteiger partial charge in [0, 0.05) is 33.5 Å². The van der Waals surface area contributed by atoms with Gasteiger partial charge in [-0.05, 0) is 19.1 Å². The van der Waals surface area contributed by atoms with Crippen LogP contribution in [-0.2, 0) is 33.2 Å². The summed E-state index contributed by atoms with van der Waals surface area (Å²) >= 11 is 0. The molecule has 0 amide bonds. The summed E-state index contributed by atoms with van der Waals surface area (Å²) in [4.78, 5) is 0.182. The van der Waals surface area contributed by atoms with Crippen molar-refractivity contribution in [2.75, 3.05) is 19.8 Å². The first kappa shape index (κ1) is 19.8. The maximum atomic E-state index is 12.4. The Labute approximate surface area is 148 Å². The number of aromatic nitrogens is 2. The summed E-state index contributed by atoms with van der Waals surface area (Å²) in [6, 6.07) is 4.95. The second kappa shape index (κ2) is 7.02. The number of imidazole rings is 1. The Kier molecular flexibility index (Phi) is 5.57. The molecule has 0 unspecified atom stereocenters. The van der Waals surface area contributed by atoms with Gasteiger partial charge in [-0.25, -0.2) is 21.9 Å². The van der Waals surface area contributed by atoms with E-state index in [1.54, 1.807) is 18.2 Å². The molecule has 0 spiro atoms. The molecule has 0 saturated carbocycles. The highest BCUT2D eigenvalue weighted by Gasteiger charge is 2.25. The van der Waals surface area contributed by atoms with Crippen LogP contribution in [0.5, 0.6) is 0 Å². The van der Waals surface area contributed by atoms with Gasteiger partial charge in [0.05, 0.1) is 23.7 Å². The van der Waals surface area contributed by atoms with Crippen LogP contribution < -0.4 is 4.57 Å². The molecular weight excluding hydrogens is 366 g/mol. The molecule has 2 rings (SSSR count). The lowest BCUT2D eigenvalue weighted by atomic mass is 10.3. The predicted molar refractivity (Wildman–Crippen MR) is 94.4 cm³/mol. The van der Waals surface area contributed by atoms with Crippen LogP contribution in [0.2, 0.25) is 0 Å². The molecule has 1 aromatic carbocycles. The molecular formula is C15H24N3O5S2+. The highest BCUT2D eigenvalue weighted by molar-refractivity contribution is 7.89. The number of benzene rings is 1. The average molecular weight is 391 g/mol. The third-order valence-corrected chi connectivity index (χ3v) is 6.80. The van der Waals surface area contributed by atoms with Crippen molar-refractivity contribution < 1.29 is 26.0 Å². The number of sulfonamides is 1. The molecule has 0 saturated heterocycles. The van der Waals surface area contributed by atoms with Crippen molar-refractivity contribution in [3.63, 3.8) is 0 Å². The Balaban J connectivity index is 2.57. The number of nitrogens with zero attached hydrogens (tertiary/aromatic N) is 3. The second-order valence-electron chi connectivity index (χ2n) is 6.02. The van der Waals surface area contributed by atoms with E-state index in [9.17, 15) is 16.8 Å². The molecule has 8 nitrogen and oxygen atoms in total. The molecule has 0 radical (unpaired) electrons. The zero-order valence-corrected chi connectivity index (χ0v) is 16.4. The Morgan fingerprint density at radius 3 is 2.36 bits per heavy atom. The standard InChI is InChI=1S/C15H23N3O5S2/c1-5-17-12(2)18(9-6-10-24(19,20)21)15-11-13(7-8-14(15)17)25(22,23)16(3)4/h7-8,11H,5-6,9-10H2,1-4H3/p+1. The molecule has 10 heteroatoms. The van der Waals surface area contributed by atoms with Crippen LogP contribution >= 0.6 is 0 Å². The zero-order valence-electron chi connectivity index (χ0n) is 14.8. The van der Waals surface area contributed by atoms with E-state index in [-0.39, 0.29) is 17.1 Å². The summed E-state index contributed by atoms with van der Waals surface area (Å²) in [5.41, 5.74) is 1.60. The topological polar surface area (TPSA) is 101 Å². The van der Waals surface area contributed by atoms with E-state index < -0.39 is 20.1 Å². The van der Waals surface area contributed by atoms with Gasteiger partial charge in [-0.15, -0.1) is 0 Å². The van der Waals surface area contributed by atoms with Crippen molar-refractivity contribution in [2.45, 2.75) is 38.3 Å². The molecule has 1 aromatic heterocycles.